The van der Waals surface area contributed by atoms with E-state index in [1.807, 2.05) is 66.3 Å². The van der Waals surface area contributed by atoms with Gasteiger partial charge in [0, 0.05) is 30.2 Å². The van der Waals surface area contributed by atoms with Gasteiger partial charge >= 0.3 is 7.67 Å². The van der Waals surface area contributed by atoms with Crippen LogP contribution in [0.15, 0.2) is 79.0 Å². The first-order valence-electron chi connectivity index (χ1n) is 10.6. The summed E-state index contributed by atoms with van der Waals surface area (Å²) in [5, 5.41) is 1.61. The van der Waals surface area contributed by atoms with Crippen LogP contribution >= 0.6 is 19.3 Å². The Morgan fingerprint density at radius 1 is 1.03 bits per heavy atom. The summed E-state index contributed by atoms with van der Waals surface area (Å²) in [4.78, 5) is 4.50. The molecule has 2 atom stereocenters. The van der Waals surface area contributed by atoms with Gasteiger partial charge in [-0.1, -0.05) is 54.1 Å². The molecule has 32 heavy (non-hydrogen) atoms. The highest BCUT2D eigenvalue weighted by atomic mass is 35.5. The molecule has 3 heterocycles. The van der Waals surface area contributed by atoms with Crippen molar-refractivity contribution in [3.63, 3.8) is 0 Å². The lowest BCUT2D eigenvalue weighted by atomic mass is 9.89. The maximum atomic E-state index is 14.8. The molecule has 0 saturated carbocycles. The second kappa shape index (κ2) is 7.35. The van der Waals surface area contributed by atoms with Gasteiger partial charge in [-0.05, 0) is 53.4 Å². The number of halogens is 1. The highest BCUT2D eigenvalue weighted by Gasteiger charge is 2.51. The van der Waals surface area contributed by atoms with Crippen molar-refractivity contribution in [2.75, 3.05) is 18.3 Å². The predicted octanol–water partition coefficient (Wildman–Crippen LogP) is 6.47. The van der Waals surface area contributed by atoms with Crippen LogP contribution in [0.5, 0.6) is 5.75 Å². The molecule has 0 saturated heterocycles. The molecule has 6 rings (SSSR count). The molecule has 2 aliphatic rings. The fraction of sp³-hybridized carbons (Fsp3) is 0.160. The number of hydrogen-bond acceptors (Lipinski definition) is 3. The van der Waals surface area contributed by atoms with E-state index >= 15 is 0 Å². The van der Waals surface area contributed by atoms with Gasteiger partial charge in [-0.25, -0.2) is 4.57 Å². The first-order chi connectivity index (χ1) is 15.6. The van der Waals surface area contributed by atoms with Crippen molar-refractivity contribution >= 4 is 35.9 Å². The predicted molar refractivity (Wildman–Crippen MR) is 129 cm³/mol. The molecular formula is C25H21ClN3O2P. The minimum absolute atomic E-state index is 0.196. The van der Waals surface area contributed by atoms with E-state index in [4.69, 9.17) is 16.1 Å². The first-order valence-corrected chi connectivity index (χ1v) is 12.5. The third-order valence-electron chi connectivity index (χ3n) is 6.41. The van der Waals surface area contributed by atoms with E-state index in [0.717, 1.165) is 28.6 Å². The second-order valence-corrected chi connectivity index (χ2v) is 10.9. The summed E-state index contributed by atoms with van der Waals surface area (Å²) in [5.74, 6) is 0.522. The number of anilines is 1. The van der Waals surface area contributed by atoms with Gasteiger partial charge in [-0.3, -0.25) is 9.65 Å². The fourth-order valence-electron chi connectivity index (χ4n) is 4.89. The first kappa shape index (κ1) is 19.8. The Kier molecular flexibility index (Phi) is 4.55. The van der Waals surface area contributed by atoms with Crippen LogP contribution in [0.1, 0.15) is 22.7 Å². The largest absolute Gasteiger partial charge is 0.423 e. The van der Waals surface area contributed by atoms with Crippen LogP contribution in [0.2, 0.25) is 5.02 Å². The van der Waals surface area contributed by atoms with E-state index in [-0.39, 0.29) is 6.04 Å². The van der Waals surface area contributed by atoms with Crippen LogP contribution in [0.3, 0.4) is 0 Å². The zero-order valence-electron chi connectivity index (χ0n) is 17.5. The molecule has 3 aromatic carbocycles. The van der Waals surface area contributed by atoms with Crippen molar-refractivity contribution in [1.82, 2.24) is 9.65 Å². The molecule has 7 heteroatoms. The number of nitrogens with zero attached hydrogens (tertiary/aromatic N) is 3. The van der Waals surface area contributed by atoms with Crippen molar-refractivity contribution in [2.45, 2.75) is 12.5 Å². The van der Waals surface area contributed by atoms with Crippen LogP contribution < -0.4 is 9.19 Å². The monoisotopic (exact) mass is 461 g/mol. The summed E-state index contributed by atoms with van der Waals surface area (Å²) in [5.41, 5.74) is 5.02. The third kappa shape index (κ3) is 2.89. The van der Waals surface area contributed by atoms with Crippen molar-refractivity contribution < 1.29 is 9.09 Å². The Bertz CT molecular complexity index is 1400. The van der Waals surface area contributed by atoms with Gasteiger partial charge < -0.3 is 4.52 Å². The quantitative estimate of drug-likeness (QED) is 0.320. The van der Waals surface area contributed by atoms with Gasteiger partial charge in [0.1, 0.15) is 5.52 Å². The number of hydrogen-bond donors (Lipinski definition) is 0. The van der Waals surface area contributed by atoms with Crippen LogP contribution in [0, 0.1) is 0 Å². The summed E-state index contributed by atoms with van der Waals surface area (Å²) < 4.78 is 25.0. The molecule has 1 aromatic heterocycles. The highest BCUT2D eigenvalue weighted by Crippen LogP contribution is 2.65. The van der Waals surface area contributed by atoms with E-state index < -0.39 is 7.67 Å². The molecule has 0 amide bonds. The van der Waals surface area contributed by atoms with Crippen LogP contribution in [-0.2, 0) is 11.0 Å². The number of benzene rings is 3. The Hall–Kier alpha value is -2.85. The maximum Gasteiger partial charge on any atom is 0.423 e. The molecular weight excluding hydrogens is 441 g/mol. The molecule has 0 fully saturated rings. The van der Waals surface area contributed by atoms with Gasteiger partial charge in [0.15, 0.2) is 5.75 Å². The maximum absolute atomic E-state index is 14.8. The van der Waals surface area contributed by atoms with Crippen molar-refractivity contribution in [2.24, 2.45) is 0 Å². The Morgan fingerprint density at radius 3 is 2.78 bits per heavy atom. The summed E-state index contributed by atoms with van der Waals surface area (Å²) >= 11 is 6.40. The Labute approximate surface area is 191 Å². The average Bonchev–Trinajstić information content (AvgIpc) is 2.82. The molecule has 0 radical (unpaired) electrons. The lowest BCUT2D eigenvalue weighted by molar-refractivity contribution is 0.293. The standard InChI is InChI=1S/C25H21ClN3O2P/c1-28-22-12-11-19(26)16-21(22)25-20-9-3-2-6-17(20)13-15-29(25)32(28,30)31-23-10-4-7-18-8-5-14-27-24(18)23/h2-12,14,16,25H,13,15H2,1H3. The fourth-order valence-corrected chi connectivity index (χ4v) is 7.40. The molecule has 2 unspecified atom stereocenters. The second-order valence-electron chi connectivity index (χ2n) is 8.15. The molecule has 160 valence electrons. The third-order valence-corrected chi connectivity index (χ3v) is 9.13. The number of rotatable bonds is 2. The van der Waals surface area contributed by atoms with Crippen molar-refractivity contribution in [3.05, 3.63) is 101 Å². The lowest BCUT2D eigenvalue weighted by Crippen LogP contribution is -2.43. The lowest BCUT2D eigenvalue weighted by Gasteiger charge is -2.49. The van der Waals surface area contributed by atoms with Gasteiger partial charge in [0.25, 0.3) is 0 Å². The number of pyridine rings is 1. The molecule has 2 aliphatic heterocycles. The van der Waals surface area contributed by atoms with E-state index in [2.05, 4.69) is 23.2 Å². The van der Waals surface area contributed by atoms with Gasteiger partial charge in [-0.15, -0.1) is 0 Å². The topological polar surface area (TPSA) is 45.7 Å². The van der Waals surface area contributed by atoms with Gasteiger partial charge in [0.05, 0.1) is 11.7 Å². The van der Waals surface area contributed by atoms with Crippen LogP contribution in [0.25, 0.3) is 10.9 Å². The summed E-state index contributed by atoms with van der Waals surface area (Å²) in [6.07, 6.45) is 2.53. The van der Waals surface area contributed by atoms with Crippen molar-refractivity contribution in [1.29, 1.82) is 0 Å². The smallest absolute Gasteiger partial charge is 0.415 e. The number of para-hydroxylation sites is 1. The summed E-state index contributed by atoms with van der Waals surface area (Å²) in [7, 11) is -1.65. The zero-order chi connectivity index (χ0) is 21.9. The highest BCUT2D eigenvalue weighted by molar-refractivity contribution is 7.58. The number of fused-ring (bicyclic) bond motifs is 6. The van der Waals surface area contributed by atoms with Gasteiger partial charge in [0.2, 0.25) is 0 Å². The molecule has 0 N–H and O–H groups in total. The van der Waals surface area contributed by atoms with E-state index in [1.165, 1.54) is 5.56 Å². The summed E-state index contributed by atoms with van der Waals surface area (Å²) in [6.45, 7) is 0.618. The molecule has 5 nitrogen and oxygen atoms in total. The molecule has 0 aliphatic carbocycles. The zero-order valence-corrected chi connectivity index (χ0v) is 19.1. The van der Waals surface area contributed by atoms with Crippen LogP contribution in [-0.4, -0.2) is 23.2 Å². The minimum Gasteiger partial charge on any atom is -0.415 e. The van der Waals surface area contributed by atoms with Gasteiger partial charge in [-0.2, -0.15) is 4.67 Å². The normalized spacial score (nSPS) is 22.2. The average molecular weight is 462 g/mol. The summed E-state index contributed by atoms with van der Waals surface area (Å²) in [6, 6.07) is 23.5. The molecule has 0 spiro atoms. The van der Waals surface area contributed by atoms with E-state index in [9.17, 15) is 4.57 Å². The minimum atomic E-state index is -3.48. The van der Waals surface area contributed by atoms with Crippen molar-refractivity contribution in [3.8, 4) is 5.75 Å². The molecule has 0 bridgehead atoms. The number of aromatic nitrogens is 1. The Balaban J connectivity index is 1.56. The Morgan fingerprint density at radius 2 is 1.88 bits per heavy atom. The van der Waals surface area contributed by atoms with Crippen LogP contribution in [0.4, 0.5) is 5.69 Å². The van der Waals surface area contributed by atoms with E-state index in [0.29, 0.717) is 22.8 Å². The molecule has 4 aromatic rings. The van der Waals surface area contributed by atoms with E-state index in [1.54, 1.807) is 10.9 Å². The SMILES string of the molecule is CN1c2ccc(Cl)cc2C2c3ccccc3CCN2P1(=O)Oc1cccc2cccnc12.